The Morgan fingerprint density at radius 1 is 0.757 bits per heavy atom. The first-order valence-corrected chi connectivity index (χ1v) is 13.4. The topological polar surface area (TPSA) is 176 Å². The van der Waals surface area contributed by atoms with Gasteiger partial charge in [-0.25, -0.2) is 9.59 Å². The Morgan fingerprint density at radius 2 is 1.16 bits per heavy atom. The summed E-state index contributed by atoms with van der Waals surface area (Å²) in [5, 5.41) is 7.06. The first kappa shape index (κ1) is 24.6. The van der Waals surface area contributed by atoms with Crippen LogP contribution in [-0.2, 0) is 38.0 Å². The number of ether oxygens (including phenoxy) is 2. The summed E-state index contributed by atoms with van der Waals surface area (Å²) in [5.41, 5.74) is 0. The Labute approximate surface area is 212 Å². The van der Waals surface area contributed by atoms with Gasteiger partial charge in [0, 0.05) is 39.1 Å². The molecule has 0 spiro atoms. The molecule has 6 aliphatic rings. The maximum absolute atomic E-state index is 13.0. The second kappa shape index (κ2) is 8.65. The lowest BCUT2D eigenvalue weighted by atomic mass is 9.86. The van der Waals surface area contributed by atoms with Gasteiger partial charge < -0.3 is 29.9 Å². The summed E-state index contributed by atoms with van der Waals surface area (Å²) in [6.07, 6.45) is 0.626. The molecule has 0 aromatic rings. The Kier molecular flexibility index (Phi) is 5.75. The van der Waals surface area contributed by atoms with Crippen molar-refractivity contribution in [3.05, 3.63) is 0 Å². The number of hydrogen-bond donors (Lipinski definition) is 2. The fourth-order valence-corrected chi connectivity index (χ4v) is 7.55. The highest BCUT2D eigenvalue weighted by atomic mass is 32.3. The van der Waals surface area contributed by atoms with E-state index < -0.39 is 46.6 Å². The van der Waals surface area contributed by atoms with Gasteiger partial charge in [0.05, 0.1) is 37.4 Å². The summed E-state index contributed by atoms with van der Waals surface area (Å²) in [5.74, 6) is -1.20. The third kappa shape index (κ3) is 3.74. The second-order valence-corrected chi connectivity index (χ2v) is 11.3. The molecule has 16 nitrogen and oxygen atoms in total. The number of fused-ring (bicyclic) bond motifs is 8. The SMILES string of the molecule is COC[C@@H]1NC(=O)[C@@H]2[C@H]1C[C@@H]1CN2C(=O)N1OS(=O)(=O)ON1C(=O)N2C[C@H]1C[C@H]1[C@H](COC)NC(=O)[C@H]12. The number of carbonyl (C=O) groups is 4. The van der Waals surface area contributed by atoms with Gasteiger partial charge in [-0.3, -0.25) is 9.59 Å². The molecule has 6 fully saturated rings. The summed E-state index contributed by atoms with van der Waals surface area (Å²) in [6, 6.07) is -4.98. The van der Waals surface area contributed by atoms with Crippen LogP contribution in [0.5, 0.6) is 0 Å². The number of methoxy groups -OCH3 is 2. The number of amides is 6. The first-order valence-electron chi connectivity index (χ1n) is 12.1. The predicted octanol–water partition coefficient (Wildman–Crippen LogP) is -2.63. The molecule has 8 atom stereocenters. The summed E-state index contributed by atoms with van der Waals surface area (Å²) < 4.78 is 46.3. The van der Waals surface area contributed by atoms with E-state index in [0.29, 0.717) is 23.0 Å². The molecule has 204 valence electrons. The van der Waals surface area contributed by atoms with Crippen molar-refractivity contribution >= 4 is 34.3 Å². The van der Waals surface area contributed by atoms with E-state index >= 15 is 0 Å². The molecule has 0 aromatic heterocycles. The molecule has 37 heavy (non-hydrogen) atoms. The van der Waals surface area contributed by atoms with Crippen LogP contribution in [0.15, 0.2) is 0 Å². The number of nitrogens with one attached hydrogen (secondary N) is 2. The minimum absolute atomic E-state index is 0.112. The van der Waals surface area contributed by atoms with Crippen molar-refractivity contribution < 1.29 is 45.6 Å². The van der Waals surface area contributed by atoms with Crippen LogP contribution in [0.25, 0.3) is 0 Å². The lowest BCUT2D eigenvalue weighted by Gasteiger charge is -2.32. The molecule has 0 aromatic carbocycles. The molecule has 4 bridgehead atoms. The molecule has 6 amide bonds. The van der Waals surface area contributed by atoms with Crippen LogP contribution in [0, 0.1) is 11.8 Å². The number of piperidine rings is 2. The zero-order valence-electron chi connectivity index (χ0n) is 20.1. The van der Waals surface area contributed by atoms with Crippen LogP contribution in [0.1, 0.15) is 12.8 Å². The molecule has 0 saturated carbocycles. The number of hydroxylamine groups is 4. The number of urea groups is 2. The highest BCUT2D eigenvalue weighted by Crippen LogP contribution is 2.41. The fourth-order valence-electron chi connectivity index (χ4n) is 6.75. The standard InChI is InChI=1S/C20H28N6O10S/c1-33-7-13-11-3-9-5-23(15(11)17(27)21-13)19(29)25(9)35-37(31,32)36-26-10-4-12-14(8-34-2)22-18(28)16(12)24(6-10)20(26)30/h9-16H,3-8H2,1-2H3,(H,21,27)(H,22,28)/t9-,10-,11+,12+,13+,14+,15+,16+/m1/s1. The lowest BCUT2D eigenvalue weighted by molar-refractivity contribution is -0.124. The lowest BCUT2D eigenvalue weighted by Crippen LogP contribution is -2.48. The maximum atomic E-state index is 13.0. The number of nitrogens with zero attached hydrogens (tertiary/aromatic N) is 4. The van der Waals surface area contributed by atoms with E-state index in [4.69, 9.17) is 18.0 Å². The van der Waals surface area contributed by atoms with Crippen LogP contribution >= 0.6 is 0 Å². The highest BCUT2D eigenvalue weighted by Gasteiger charge is 2.60. The minimum Gasteiger partial charge on any atom is -0.383 e. The highest BCUT2D eigenvalue weighted by molar-refractivity contribution is 7.81. The Morgan fingerprint density at radius 3 is 1.54 bits per heavy atom. The Hall–Kier alpha value is -2.73. The van der Waals surface area contributed by atoms with E-state index in [2.05, 4.69) is 10.6 Å². The number of hydrogen-bond acceptors (Lipinski definition) is 10. The van der Waals surface area contributed by atoms with E-state index in [0.717, 1.165) is 0 Å². The zero-order valence-corrected chi connectivity index (χ0v) is 21.0. The molecule has 0 radical (unpaired) electrons. The average molecular weight is 545 g/mol. The molecular weight excluding hydrogens is 516 g/mol. The van der Waals surface area contributed by atoms with Gasteiger partial charge in [-0.05, 0) is 12.8 Å². The zero-order chi connectivity index (χ0) is 26.2. The van der Waals surface area contributed by atoms with Crippen molar-refractivity contribution in [1.29, 1.82) is 0 Å². The smallest absolute Gasteiger partial charge is 0.383 e. The van der Waals surface area contributed by atoms with Crippen molar-refractivity contribution in [2.24, 2.45) is 11.8 Å². The second-order valence-electron chi connectivity index (χ2n) is 10.2. The molecular formula is C20H28N6O10S. The van der Waals surface area contributed by atoms with Crippen molar-refractivity contribution in [2.75, 3.05) is 40.5 Å². The van der Waals surface area contributed by atoms with Gasteiger partial charge in [-0.2, -0.15) is 18.5 Å². The van der Waals surface area contributed by atoms with Crippen LogP contribution in [0.4, 0.5) is 9.59 Å². The number of carbonyl (C=O) groups excluding carboxylic acids is 4. The third-order valence-corrected chi connectivity index (χ3v) is 8.87. The molecule has 6 rings (SSSR count). The van der Waals surface area contributed by atoms with Crippen molar-refractivity contribution in [1.82, 2.24) is 30.6 Å². The third-order valence-electron chi connectivity index (χ3n) is 8.18. The number of rotatable bonds is 8. The molecule has 6 heterocycles. The fraction of sp³-hybridized carbons (Fsp3) is 0.800. The van der Waals surface area contributed by atoms with Gasteiger partial charge in [0.15, 0.2) is 0 Å². The molecule has 0 unspecified atom stereocenters. The maximum Gasteiger partial charge on any atom is 0.442 e. The van der Waals surface area contributed by atoms with Gasteiger partial charge >= 0.3 is 22.5 Å². The van der Waals surface area contributed by atoms with E-state index in [1.54, 1.807) is 0 Å². The van der Waals surface area contributed by atoms with E-state index in [1.807, 2.05) is 0 Å². The van der Waals surface area contributed by atoms with Crippen LogP contribution in [0.2, 0.25) is 0 Å². The minimum atomic E-state index is -4.91. The van der Waals surface area contributed by atoms with E-state index in [1.165, 1.54) is 24.0 Å². The van der Waals surface area contributed by atoms with Gasteiger partial charge in [-0.15, -0.1) is 8.57 Å². The quantitative estimate of drug-likeness (QED) is 0.329. The van der Waals surface area contributed by atoms with Gasteiger partial charge in [0.2, 0.25) is 11.8 Å². The van der Waals surface area contributed by atoms with E-state index in [-0.39, 0.29) is 62.0 Å². The normalized spacial score (nSPS) is 38.3. The monoisotopic (exact) mass is 544 g/mol. The van der Waals surface area contributed by atoms with Gasteiger partial charge in [0.25, 0.3) is 0 Å². The molecule has 17 heteroatoms. The van der Waals surface area contributed by atoms with Crippen LogP contribution < -0.4 is 10.6 Å². The summed E-state index contributed by atoms with van der Waals surface area (Å²) in [7, 11) is -1.90. The van der Waals surface area contributed by atoms with E-state index in [9.17, 15) is 27.6 Å². The largest absolute Gasteiger partial charge is 0.442 e. The van der Waals surface area contributed by atoms with Crippen LogP contribution in [0.3, 0.4) is 0 Å². The van der Waals surface area contributed by atoms with Crippen LogP contribution in [-0.4, -0.2) is 129 Å². The Bertz CT molecular complexity index is 1060. The predicted molar refractivity (Wildman–Crippen MR) is 118 cm³/mol. The van der Waals surface area contributed by atoms with Crippen molar-refractivity contribution in [3.8, 4) is 0 Å². The average Bonchev–Trinajstić information content (AvgIpc) is 3.49. The summed E-state index contributed by atoms with van der Waals surface area (Å²) in [4.78, 5) is 53.6. The molecule has 0 aliphatic carbocycles. The first-order chi connectivity index (χ1) is 17.6. The summed E-state index contributed by atoms with van der Waals surface area (Å²) in [6.45, 7) is 0.733. The molecule has 2 N–H and O–H groups in total. The van der Waals surface area contributed by atoms with Crippen molar-refractivity contribution in [2.45, 2.75) is 49.1 Å². The van der Waals surface area contributed by atoms with Gasteiger partial charge in [0.1, 0.15) is 12.1 Å². The van der Waals surface area contributed by atoms with Crippen molar-refractivity contribution in [3.63, 3.8) is 0 Å². The molecule has 6 aliphatic heterocycles. The summed E-state index contributed by atoms with van der Waals surface area (Å²) >= 11 is 0. The molecule has 6 saturated heterocycles. The van der Waals surface area contributed by atoms with Gasteiger partial charge in [-0.1, -0.05) is 0 Å². The Balaban J connectivity index is 1.16.